The molecule has 6 heteroatoms. The van der Waals surface area contributed by atoms with Crippen molar-refractivity contribution in [2.24, 2.45) is 0 Å². The van der Waals surface area contributed by atoms with E-state index >= 15 is 0 Å². The Balaban J connectivity index is 2.57. The van der Waals surface area contributed by atoms with E-state index in [0.29, 0.717) is 12.1 Å². The lowest BCUT2D eigenvalue weighted by molar-refractivity contribution is -0.138. The van der Waals surface area contributed by atoms with Crippen molar-refractivity contribution in [2.75, 3.05) is 18.0 Å². The Morgan fingerprint density at radius 3 is 2.29 bits per heavy atom. The van der Waals surface area contributed by atoms with Gasteiger partial charge in [-0.1, -0.05) is 42.8 Å². The summed E-state index contributed by atoms with van der Waals surface area (Å²) in [5.74, 6) is -0.614. The van der Waals surface area contributed by atoms with Gasteiger partial charge in [-0.15, -0.1) is 0 Å². The molecule has 0 N–H and O–H groups in total. The second kappa shape index (κ2) is 7.49. The molecule has 0 fully saturated rings. The summed E-state index contributed by atoms with van der Waals surface area (Å²) < 4.78 is 32.0. The molecule has 0 amide bonds. The lowest BCUT2D eigenvalue weighted by atomic mass is 10.1. The third-order valence-corrected chi connectivity index (χ3v) is 5.52. The predicted octanol–water partition coefficient (Wildman–Crippen LogP) is 2.93. The number of aryl methyl sites for hydroxylation is 2. The Morgan fingerprint density at radius 1 is 1.08 bits per heavy atom. The Hall–Kier alpha value is -2.34. The highest BCUT2D eigenvalue weighted by molar-refractivity contribution is 7.92. The maximum absolute atomic E-state index is 13.1. The molecule has 0 unspecified atom stereocenters. The van der Waals surface area contributed by atoms with Crippen LogP contribution in [0.5, 0.6) is 0 Å². The van der Waals surface area contributed by atoms with Crippen molar-refractivity contribution in [2.45, 2.75) is 25.2 Å². The van der Waals surface area contributed by atoms with Crippen LogP contribution in [0, 0.1) is 6.92 Å². The fourth-order valence-electron chi connectivity index (χ4n) is 2.37. The van der Waals surface area contributed by atoms with E-state index in [1.54, 1.807) is 36.4 Å². The van der Waals surface area contributed by atoms with Gasteiger partial charge in [-0.2, -0.15) is 0 Å². The van der Waals surface area contributed by atoms with Gasteiger partial charge in [-0.05, 0) is 37.1 Å². The van der Waals surface area contributed by atoms with E-state index in [1.807, 2.05) is 26.0 Å². The van der Waals surface area contributed by atoms with Crippen LogP contribution in [0.3, 0.4) is 0 Å². The third-order valence-electron chi connectivity index (χ3n) is 3.75. The molecule has 2 aromatic carbocycles. The van der Waals surface area contributed by atoms with Crippen LogP contribution in [-0.2, 0) is 26.0 Å². The summed E-state index contributed by atoms with van der Waals surface area (Å²) in [6, 6.07) is 13.7. The van der Waals surface area contributed by atoms with E-state index in [0.717, 1.165) is 15.4 Å². The Kier molecular flexibility index (Phi) is 5.62. The van der Waals surface area contributed by atoms with Crippen molar-refractivity contribution in [3.63, 3.8) is 0 Å². The number of anilines is 1. The lowest BCUT2D eigenvalue weighted by Gasteiger charge is -2.25. The topological polar surface area (TPSA) is 63.7 Å². The molecule has 0 atom stereocenters. The Morgan fingerprint density at radius 2 is 1.71 bits per heavy atom. The number of nitrogens with zero attached hydrogens (tertiary/aromatic N) is 1. The number of para-hydroxylation sites is 1. The highest BCUT2D eigenvalue weighted by Crippen LogP contribution is 2.27. The minimum absolute atomic E-state index is 0.142. The summed E-state index contributed by atoms with van der Waals surface area (Å²) in [4.78, 5) is 11.9. The second-order valence-electron chi connectivity index (χ2n) is 5.38. The normalized spacial score (nSPS) is 11.1. The van der Waals surface area contributed by atoms with Gasteiger partial charge in [0, 0.05) is 0 Å². The van der Waals surface area contributed by atoms with E-state index in [4.69, 9.17) is 0 Å². The first-order valence-corrected chi connectivity index (χ1v) is 9.08. The van der Waals surface area contributed by atoms with Crippen LogP contribution >= 0.6 is 0 Å². The fourth-order valence-corrected chi connectivity index (χ4v) is 3.82. The Labute approximate surface area is 142 Å². The minimum Gasteiger partial charge on any atom is -0.468 e. The zero-order chi connectivity index (χ0) is 17.7. The molecule has 128 valence electrons. The maximum atomic E-state index is 13.1. The average molecular weight is 347 g/mol. The maximum Gasteiger partial charge on any atom is 0.326 e. The summed E-state index contributed by atoms with van der Waals surface area (Å²) in [6.07, 6.45) is 0.650. The first-order chi connectivity index (χ1) is 11.4. The molecule has 0 aliphatic rings. The predicted molar refractivity (Wildman–Crippen MR) is 93.5 cm³/mol. The van der Waals surface area contributed by atoms with Gasteiger partial charge in [0.25, 0.3) is 10.0 Å². The smallest absolute Gasteiger partial charge is 0.326 e. The van der Waals surface area contributed by atoms with E-state index in [2.05, 4.69) is 4.74 Å². The molecule has 0 aromatic heterocycles. The standard InChI is InChI=1S/C18H21NO4S/c1-4-15-7-5-6-8-17(15)19(13-18(20)23-3)24(21,22)16-11-9-14(2)10-12-16/h5-12H,4,13H2,1-3H3. The van der Waals surface area contributed by atoms with Crippen LogP contribution in [0.2, 0.25) is 0 Å². The van der Waals surface area contributed by atoms with Crippen LogP contribution in [0.1, 0.15) is 18.1 Å². The van der Waals surface area contributed by atoms with Crippen LogP contribution < -0.4 is 4.31 Å². The number of methoxy groups -OCH3 is 1. The lowest BCUT2D eigenvalue weighted by Crippen LogP contribution is -2.37. The number of benzene rings is 2. The van der Waals surface area contributed by atoms with Crippen molar-refractivity contribution in [3.8, 4) is 0 Å². The number of ether oxygens (including phenoxy) is 1. The van der Waals surface area contributed by atoms with Crippen molar-refractivity contribution < 1.29 is 17.9 Å². The molecule has 0 heterocycles. The molecule has 0 bridgehead atoms. The monoisotopic (exact) mass is 347 g/mol. The van der Waals surface area contributed by atoms with Crippen molar-refractivity contribution in [1.29, 1.82) is 0 Å². The second-order valence-corrected chi connectivity index (χ2v) is 7.25. The molecule has 24 heavy (non-hydrogen) atoms. The van der Waals surface area contributed by atoms with Gasteiger partial charge in [0.15, 0.2) is 0 Å². The Bertz CT molecular complexity index is 813. The number of carbonyl (C=O) groups excluding carboxylic acids is 1. The molecule has 0 saturated heterocycles. The SMILES string of the molecule is CCc1ccccc1N(CC(=O)OC)S(=O)(=O)c1ccc(C)cc1. The highest BCUT2D eigenvalue weighted by Gasteiger charge is 2.28. The molecule has 2 aromatic rings. The van der Waals surface area contributed by atoms with Gasteiger partial charge in [0.1, 0.15) is 6.54 Å². The van der Waals surface area contributed by atoms with E-state index < -0.39 is 16.0 Å². The number of sulfonamides is 1. The highest BCUT2D eigenvalue weighted by atomic mass is 32.2. The quantitative estimate of drug-likeness (QED) is 0.754. The summed E-state index contributed by atoms with van der Waals surface area (Å²) in [5, 5.41) is 0. The van der Waals surface area contributed by atoms with Crippen LogP contribution in [0.25, 0.3) is 0 Å². The van der Waals surface area contributed by atoms with Crippen LogP contribution in [-0.4, -0.2) is 28.0 Å². The van der Waals surface area contributed by atoms with Gasteiger partial charge >= 0.3 is 5.97 Å². The van der Waals surface area contributed by atoms with Gasteiger partial charge in [0.2, 0.25) is 0 Å². The van der Waals surface area contributed by atoms with Gasteiger partial charge in [0.05, 0.1) is 17.7 Å². The molecule has 0 aliphatic carbocycles. The fraction of sp³-hybridized carbons (Fsp3) is 0.278. The molecule has 0 aliphatic heterocycles. The summed E-state index contributed by atoms with van der Waals surface area (Å²) in [6.45, 7) is 3.45. The van der Waals surface area contributed by atoms with Gasteiger partial charge in [-0.3, -0.25) is 9.10 Å². The molecular formula is C18H21NO4S. The number of rotatable bonds is 6. The zero-order valence-corrected chi connectivity index (χ0v) is 14.8. The third kappa shape index (κ3) is 3.76. The van der Waals surface area contributed by atoms with E-state index in [1.165, 1.54) is 7.11 Å². The van der Waals surface area contributed by atoms with Crippen LogP contribution in [0.15, 0.2) is 53.4 Å². The summed E-state index contributed by atoms with van der Waals surface area (Å²) in [5.41, 5.74) is 2.30. The average Bonchev–Trinajstić information content (AvgIpc) is 2.59. The summed E-state index contributed by atoms with van der Waals surface area (Å²) in [7, 11) is -2.64. The molecule has 0 radical (unpaired) electrons. The van der Waals surface area contributed by atoms with Gasteiger partial charge < -0.3 is 4.74 Å². The largest absolute Gasteiger partial charge is 0.468 e. The number of hydrogen-bond donors (Lipinski definition) is 0. The van der Waals surface area contributed by atoms with Crippen molar-refractivity contribution in [1.82, 2.24) is 0 Å². The molecule has 5 nitrogen and oxygen atoms in total. The molecule has 0 saturated carbocycles. The summed E-state index contributed by atoms with van der Waals surface area (Å²) >= 11 is 0. The van der Waals surface area contributed by atoms with E-state index in [9.17, 15) is 13.2 Å². The van der Waals surface area contributed by atoms with Crippen LogP contribution in [0.4, 0.5) is 5.69 Å². The van der Waals surface area contributed by atoms with Gasteiger partial charge in [-0.25, -0.2) is 8.42 Å². The number of esters is 1. The number of carbonyl (C=O) groups is 1. The first-order valence-electron chi connectivity index (χ1n) is 7.64. The van der Waals surface area contributed by atoms with Crippen molar-refractivity contribution in [3.05, 3.63) is 59.7 Å². The zero-order valence-electron chi connectivity index (χ0n) is 14.0. The number of hydrogen-bond acceptors (Lipinski definition) is 4. The molecule has 2 rings (SSSR count). The first kappa shape index (κ1) is 18.0. The van der Waals surface area contributed by atoms with Crippen molar-refractivity contribution >= 4 is 21.7 Å². The minimum atomic E-state index is -3.88. The van der Waals surface area contributed by atoms with E-state index in [-0.39, 0.29) is 11.4 Å². The molecule has 0 spiro atoms. The molecular weight excluding hydrogens is 326 g/mol.